The van der Waals surface area contributed by atoms with Gasteiger partial charge in [-0.05, 0) is 69.9 Å². The zero-order valence-corrected chi connectivity index (χ0v) is 12.9. The molecule has 1 saturated carbocycles. The lowest BCUT2D eigenvalue weighted by Crippen LogP contribution is -2.50. The molecule has 1 aliphatic carbocycles. The van der Waals surface area contributed by atoms with Crippen LogP contribution in [0.15, 0.2) is 18.2 Å². The second-order valence-electron chi connectivity index (χ2n) is 7.04. The van der Waals surface area contributed by atoms with E-state index in [4.69, 9.17) is 4.74 Å². The Bertz CT molecular complexity index is 500. The molecule has 2 fully saturated rings. The van der Waals surface area contributed by atoms with Crippen LogP contribution in [-0.2, 0) is 10.3 Å². The summed E-state index contributed by atoms with van der Waals surface area (Å²) in [4.78, 5) is 0. The Morgan fingerprint density at radius 1 is 1.30 bits per heavy atom. The summed E-state index contributed by atoms with van der Waals surface area (Å²) in [6.45, 7) is 6.99. The molecule has 2 nitrogen and oxygen atoms in total. The summed E-state index contributed by atoms with van der Waals surface area (Å²) < 4.78 is 6.01. The van der Waals surface area contributed by atoms with E-state index in [0.29, 0.717) is 5.92 Å². The lowest BCUT2D eigenvalue weighted by atomic mass is 9.66. The molecule has 20 heavy (non-hydrogen) atoms. The Hall–Kier alpha value is -0.860. The van der Waals surface area contributed by atoms with E-state index in [1.807, 2.05) is 6.92 Å². The van der Waals surface area contributed by atoms with Crippen LogP contribution in [0.3, 0.4) is 0 Å². The number of hydrogen-bond acceptors (Lipinski definition) is 2. The molecule has 1 spiro atoms. The van der Waals surface area contributed by atoms with Gasteiger partial charge in [-0.3, -0.25) is 0 Å². The Labute approximate surface area is 122 Å². The highest BCUT2D eigenvalue weighted by Crippen LogP contribution is 2.49. The molecule has 1 saturated heterocycles. The van der Waals surface area contributed by atoms with Crippen molar-refractivity contribution in [3.8, 4) is 0 Å². The van der Waals surface area contributed by atoms with E-state index in [1.165, 1.54) is 30.4 Å². The Balaban J connectivity index is 1.88. The molecule has 110 valence electrons. The van der Waals surface area contributed by atoms with Crippen LogP contribution in [0.5, 0.6) is 0 Å². The molecule has 2 aliphatic rings. The van der Waals surface area contributed by atoms with E-state index in [2.05, 4.69) is 32.0 Å². The van der Waals surface area contributed by atoms with Gasteiger partial charge in [0.05, 0.1) is 11.2 Å². The number of ether oxygens (including phenoxy) is 1. The van der Waals surface area contributed by atoms with E-state index in [-0.39, 0.29) is 5.60 Å². The second kappa shape index (κ2) is 4.85. The third kappa shape index (κ3) is 2.29. The van der Waals surface area contributed by atoms with Gasteiger partial charge in [0.25, 0.3) is 0 Å². The van der Waals surface area contributed by atoms with Crippen molar-refractivity contribution in [1.82, 2.24) is 0 Å². The van der Waals surface area contributed by atoms with Crippen LogP contribution < -0.4 is 0 Å². The average molecular weight is 274 g/mol. The lowest BCUT2D eigenvalue weighted by molar-refractivity contribution is -0.174. The van der Waals surface area contributed by atoms with Crippen LogP contribution in [0.4, 0.5) is 0 Å². The van der Waals surface area contributed by atoms with Crippen molar-refractivity contribution in [2.24, 2.45) is 5.92 Å². The molecule has 1 aliphatic heterocycles. The maximum absolute atomic E-state index is 11.2. The van der Waals surface area contributed by atoms with Gasteiger partial charge in [-0.15, -0.1) is 0 Å². The highest BCUT2D eigenvalue weighted by molar-refractivity contribution is 5.35. The third-order valence-electron chi connectivity index (χ3n) is 5.49. The maximum atomic E-state index is 11.2. The fraction of sp³-hybridized carbons (Fsp3) is 0.667. The minimum Gasteiger partial charge on any atom is -0.385 e. The number of hydrogen-bond donors (Lipinski definition) is 1. The summed E-state index contributed by atoms with van der Waals surface area (Å²) in [6.07, 6.45) is 5.59. The molecule has 0 radical (unpaired) electrons. The molecule has 0 amide bonds. The van der Waals surface area contributed by atoms with Gasteiger partial charge in [0, 0.05) is 6.61 Å². The minimum absolute atomic E-state index is 0.0879. The van der Waals surface area contributed by atoms with Crippen molar-refractivity contribution in [1.29, 1.82) is 0 Å². The zero-order chi connectivity index (χ0) is 14.4. The quantitative estimate of drug-likeness (QED) is 0.887. The van der Waals surface area contributed by atoms with Gasteiger partial charge in [0.15, 0.2) is 0 Å². The highest BCUT2D eigenvalue weighted by atomic mass is 16.5. The van der Waals surface area contributed by atoms with Crippen molar-refractivity contribution in [2.75, 3.05) is 6.61 Å². The van der Waals surface area contributed by atoms with Gasteiger partial charge in [-0.1, -0.05) is 23.8 Å². The highest BCUT2D eigenvalue weighted by Gasteiger charge is 2.47. The number of rotatable bonds is 2. The summed E-state index contributed by atoms with van der Waals surface area (Å²) in [7, 11) is 0. The van der Waals surface area contributed by atoms with Gasteiger partial charge in [-0.25, -0.2) is 0 Å². The fourth-order valence-electron chi connectivity index (χ4n) is 3.93. The molecule has 0 bridgehead atoms. The van der Waals surface area contributed by atoms with Crippen molar-refractivity contribution in [3.63, 3.8) is 0 Å². The minimum atomic E-state index is -0.748. The molecule has 0 aromatic heterocycles. The second-order valence-corrected chi connectivity index (χ2v) is 7.04. The largest absolute Gasteiger partial charge is 0.385 e. The van der Waals surface area contributed by atoms with E-state index >= 15 is 0 Å². The number of benzene rings is 1. The maximum Gasteiger partial charge on any atom is 0.0901 e. The van der Waals surface area contributed by atoms with Crippen LogP contribution in [0, 0.1) is 19.8 Å². The van der Waals surface area contributed by atoms with E-state index < -0.39 is 5.60 Å². The Kier molecular flexibility index (Phi) is 3.42. The summed E-state index contributed by atoms with van der Waals surface area (Å²) >= 11 is 0. The van der Waals surface area contributed by atoms with Crippen LogP contribution in [0.25, 0.3) is 0 Å². The first kappa shape index (κ1) is 14.1. The molecule has 2 heteroatoms. The van der Waals surface area contributed by atoms with Gasteiger partial charge in [0.1, 0.15) is 0 Å². The lowest BCUT2D eigenvalue weighted by Gasteiger charge is -2.50. The first-order valence-electron chi connectivity index (χ1n) is 7.87. The summed E-state index contributed by atoms with van der Waals surface area (Å²) in [5.74, 6) is 0.303. The average Bonchev–Trinajstić information content (AvgIpc) is 2.40. The zero-order valence-electron chi connectivity index (χ0n) is 12.9. The van der Waals surface area contributed by atoms with Gasteiger partial charge < -0.3 is 9.84 Å². The van der Waals surface area contributed by atoms with E-state index in [1.54, 1.807) is 0 Å². The van der Waals surface area contributed by atoms with Crippen LogP contribution in [0.2, 0.25) is 0 Å². The molecule has 1 N–H and O–H groups in total. The topological polar surface area (TPSA) is 29.5 Å². The van der Waals surface area contributed by atoms with Crippen molar-refractivity contribution in [2.45, 2.75) is 64.1 Å². The van der Waals surface area contributed by atoms with Crippen molar-refractivity contribution in [3.05, 3.63) is 34.9 Å². The summed E-state index contributed by atoms with van der Waals surface area (Å²) in [5.41, 5.74) is 2.84. The molecule has 2 atom stereocenters. The van der Waals surface area contributed by atoms with Crippen molar-refractivity contribution >= 4 is 0 Å². The third-order valence-corrected chi connectivity index (χ3v) is 5.49. The molecular formula is C18H26O2. The van der Waals surface area contributed by atoms with Gasteiger partial charge >= 0.3 is 0 Å². The normalized spacial score (nSPS) is 27.9. The SMILES string of the molecule is Cc1ccc(C)c(C(C)(O)C2CCOC3(CCC3)C2)c1. The summed E-state index contributed by atoms with van der Waals surface area (Å²) in [6, 6.07) is 6.39. The van der Waals surface area contributed by atoms with Gasteiger partial charge in [0.2, 0.25) is 0 Å². The Morgan fingerprint density at radius 3 is 2.70 bits per heavy atom. The molecule has 1 heterocycles. The predicted molar refractivity (Wildman–Crippen MR) is 80.7 cm³/mol. The van der Waals surface area contributed by atoms with Crippen LogP contribution in [0.1, 0.15) is 55.7 Å². The van der Waals surface area contributed by atoms with Gasteiger partial charge in [-0.2, -0.15) is 0 Å². The predicted octanol–water partition coefficient (Wildman–Crippen LogP) is 3.86. The molecule has 2 unspecified atom stereocenters. The van der Waals surface area contributed by atoms with Crippen molar-refractivity contribution < 1.29 is 9.84 Å². The molecule has 1 aromatic carbocycles. The Morgan fingerprint density at radius 2 is 2.05 bits per heavy atom. The monoisotopic (exact) mass is 274 g/mol. The first-order valence-corrected chi connectivity index (χ1v) is 7.87. The van der Waals surface area contributed by atoms with Crippen LogP contribution in [-0.4, -0.2) is 17.3 Å². The van der Waals surface area contributed by atoms with E-state index in [9.17, 15) is 5.11 Å². The van der Waals surface area contributed by atoms with E-state index in [0.717, 1.165) is 25.0 Å². The molecule has 1 aromatic rings. The smallest absolute Gasteiger partial charge is 0.0901 e. The standard InChI is InChI=1S/C18H26O2/c1-13-5-6-14(2)16(11-13)17(3,19)15-7-10-20-18(12-15)8-4-9-18/h5-6,11,15,19H,4,7-10,12H2,1-3H3. The van der Waals surface area contributed by atoms with Crippen LogP contribution >= 0.6 is 0 Å². The first-order chi connectivity index (χ1) is 9.43. The fourth-order valence-corrected chi connectivity index (χ4v) is 3.93. The molecule has 3 rings (SSSR count). The summed E-state index contributed by atoms with van der Waals surface area (Å²) in [5, 5.41) is 11.2. The molecular weight excluding hydrogens is 248 g/mol. The number of aliphatic hydroxyl groups is 1. The number of aryl methyl sites for hydroxylation is 2.